The van der Waals surface area contributed by atoms with E-state index in [1.165, 1.54) is 12.1 Å². The first-order valence-corrected chi connectivity index (χ1v) is 8.30. The molecule has 0 radical (unpaired) electrons. The minimum Gasteiger partial charge on any atom is -0.369 e. The Morgan fingerprint density at radius 1 is 1.07 bits per heavy atom. The summed E-state index contributed by atoms with van der Waals surface area (Å²) in [6.45, 7) is 0.626. The molecule has 3 rings (SSSR count). The third-order valence-corrected chi connectivity index (χ3v) is 4.16. The predicted octanol–water partition coefficient (Wildman–Crippen LogP) is 2.06. The molecule has 7 heteroatoms. The SMILES string of the molecule is CN(CC(N)=O)Cc1ccc2c(-c3ccc(F)cc3)cc(C(N)=O)nc2c1. The number of nitrogens with zero attached hydrogens (tertiary/aromatic N) is 2. The van der Waals surface area contributed by atoms with Crippen LogP contribution in [0.4, 0.5) is 4.39 Å². The van der Waals surface area contributed by atoms with Crippen LogP contribution < -0.4 is 11.5 Å². The minimum atomic E-state index is -0.642. The van der Waals surface area contributed by atoms with Gasteiger partial charge in [0.1, 0.15) is 11.5 Å². The van der Waals surface area contributed by atoms with Crippen molar-refractivity contribution in [1.82, 2.24) is 9.88 Å². The molecule has 0 aliphatic rings. The molecule has 0 aliphatic heterocycles. The highest BCUT2D eigenvalue weighted by molar-refractivity contribution is 6.00. The van der Waals surface area contributed by atoms with Crippen molar-refractivity contribution < 1.29 is 14.0 Å². The Kier molecular flexibility index (Phi) is 5.14. The molecule has 2 aromatic carbocycles. The summed E-state index contributed by atoms with van der Waals surface area (Å²) in [6, 6.07) is 13.3. The second kappa shape index (κ2) is 7.51. The maximum absolute atomic E-state index is 13.3. The van der Waals surface area contributed by atoms with Gasteiger partial charge in [0.2, 0.25) is 5.91 Å². The zero-order valence-electron chi connectivity index (χ0n) is 14.8. The summed E-state index contributed by atoms with van der Waals surface area (Å²) in [5.41, 5.74) is 13.8. The number of primary amides is 2. The summed E-state index contributed by atoms with van der Waals surface area (Å²) in [5, 5.41) is 0.813. The molecule has 0 saturated carbocycles. The second-order valence-corrected chi connectivity index (χ2v) is 6.42. The number of aromatic nitrogens is 1. The van der Waals surface area contributed by atoms with Crippen molar-refractivity contribution >= 4 is 22.7 Å². The highest BCUT2D eigenvalue weighted by atomic mass is 19.1. The number of fused-ring (bicyclic) bond motifs is 1. The molecule has 0 fully saturated rings. The smallest absolute Gasteiger partial charge is 0.267 e. The normalized spacial score (nSPS) is 11.1. The van der Waals surface area contributed by atoms with Gasteiger partial charge in [-0.25, -0.2) is 9.37 Å². The molecule has 0 saturated heterocycles. The van der Waals surface area contributed by atoms with Crippen molar-refractivity contribution in [1.29, 1.82) is 0 Å². The average molecular weight is 366 g/mol. The van der Waals surface area contributed by atoms with Crippen LogP contribution in [0.15, 0.2) is 48.5 Å². The maximum Gasteiger partial charge on any atom is 0.267 e. The molecular weight excluding hydrogens is 347 g/mol. The number of carbonyl (C=O) groups is 2. The molecule has 2 amide bonds. The van der Waals surface area contributed by atoms with Crippen molar-refractivity contribution in [3.8, 4) is 11.1 Å². The van der Waals surface area contributed by atoms with E-state index >= 15 is 0 Å². The summed E-state index contributed by atoms with van der Waals surface area (Å²) < 4.78 is 13.3. The first-order valence-electron chi connectivity index (χ1n) is 8.30. The Balaban J connectivity index is 2.09. The van der Waals surface area contributed by atoms with Crippen LogP contribution >= 0.6 is 0 Å². The molecule has 27 heavy (non-hydrogen) atoms. The summed E-state index contributed by atoms with van der Waals surface area (Å²) in [6.07, 6.45) is 0. The Morgan fingerprint density at radius 2 is 1.78 bits per heavy atom. The van der Waals surface area contributed by atoms with Gasteiger partial charge < -0.3 is 11.5 Å². The topological polar surface area (TPSA) is 102 Å². The van der Waals surface area contributed by atoms with E-state index in [0.717, 1.165) is 22.1 Å². The first kappa shape index (κ1) is 18.5. The second-order valence-electron chi connectivity index (χ2n) is 6.42. The lowest BCUT2D eigenvalue weighted by molar-refractivity contribution is -0.118. The lowest BCUT2D eigenvalue weighted by Gasteiger charge is -2.15. The number of halogens is 1. The van der Waals surface area contributed by atoms with Crippen LogP contribution in [0.3, 0.4) is 0 Å². The Morgan fingerprint density at radius 3 is 2.41 bits per heavy atom. The van der Waals surface area contributed by atoms with Gasteiger partial charge in [-0.1, -0.05) is 24.3 Å². The lowest BCUT2D eigenvalue weighted by atomic mass is 9.98. The number of benzene rings is 2. The zero-order valence-corrected chi connectivity index (χ0v) is 14.8. The fourth-order valence-electron chi connectivity index (χ4n) is 3.00. The quantitative estimate of drug-likeness (QED) is 0.697. The number of hydrogen-bond donors (Lipinski definition) is 2. The number of likely N-dealkylation sites (N-methyl/N-ethyl adjacent to an activating group) is 1. The molecule has 1 heterocycles. The van der Waals surface area contributed by atoms with Gasteiger partial charge in [0, 0.05) is 11.9 Å². The Hall–Kier alpha value is -3.32. The molecule has 138 valence electrons. The summed E-state index contributed by atoms with van der Waals surface area (Å²) in [7, 11) is 1.78. The maximum atomic E-state index is 13.3. The van der Waals surface area contributed by atoms with E-state index in [1.54, 1.807) is 30.1 Å². The molecular formula is C20H19FN4O2. The van der Waals surface area contributed by atoms with Crippen LogP contribution in [0.25, 0.3) is 22.0 Å². The Bertz CT molecular complexity index is 1020. The molecule has 4 N–H and O–H groups in total. The van der Waals surface area contributed by atoms with E-state index in [2.05, 4.69) is 4.98 Å². The zero-order chi connectivity index (χ0) is 19.6. The van der Waals surface area contributed by atoms with Crippen molar-refractivity contribution in [2.24, 2.45) is 11.5 Å². The van der Waals surface area contributed by atoms with Gasteiger partial charge in [-0.3, -0.25) is 14.5 Å². The number of rotatable bonds is 6. The summed E-state index contributed by atoms with van der Waals surface area (Å²) >= 11 is 0. The van der Waals surface area contributed by atoms with Crippen LogP contribution in [-0.4, -0.2) is 35.3 Å². The van der Waals surface area contributed by atoms with Gasteiger partial charge >= 0.3 is 0 Å². The van der Waals surface area contributed by atoms with E-state index < -0.39 is 11.8 Å². The van der Waals surface area contributed by atoms with Crippen molar-refractivity contribution in [3.05, 3.63) is 65.6 Å². The average Bonchev–Trinajstić information content (AvgIpc) is 2.60. The molecule has 3 aromatic rings. The minimum absolute atomic E-state index is 0.129. The fourth-order valence-corrected chi connectivity index (χ4v) is 3.00. The third-order valence-electron chi connectivity index (χ3n) is 4.16. The molecule has 0 aliphatic carbocycles. The number of hydrogen-bond acceptors (Lipinski definition) is 4. The van der Waals surface area contributed by atoms with E-state index in [1.807, 2.05) is 18.2 Å². The van der Waals surface area contributed by atoms with Gasteiger partial charge in [0.25, 0.3) is 5.91 Å². The van der Waals surface area contributed by atoms with Gasteiger partial charge in [-0.2, -0.15) is 0 Å². The molecule has 6 nitrogen and oxygen atoms in total. The van der Waals surface area contributed by atoms with Crippen LogP contribution in [-0.2, 0) is 11.3 Å². The van der Waals surface area contributed by atoms with E-state index in [4.69, 9.17) is 11.5 Å². The molecule has 0 unspecified atom stereocenters. The number of pyridine rings is 1. The van der Waals surface area contributed by atoms with Gasteiger partial charge in [-0.15, -0.1) is 0 Å². The largest absolute Gasteiger partial charge is 0.369 e. The van der Waals surface area contributed by atoms with Crippen molar-refractivity contribution in [2.75, 3.05) is 13.6 Å². The summed E-state index contributed by atoms with van der Waals surface area (Å²) in [4.78, 5) is 28.9. The highest BCUT2D eigenvalue weighted by Gasteiger charge is 2.13. The molecule has 0 atom stereocenters. The van der Waals surface area contributed by atoms with Gasteiger partial charge in [-0.05, 0) is 48.0 Å². The van der Waals surface area contributed by atoms with Crippen molar-refractivity contribution in [2.45, 2.75) is 6.54 Å². The molecule has 0 spiro atoms. The van der Waals surface area contributed by atoms with Crippen molar-refractivity contribution in [3.63, 3.8) is 0 Å². The number of carbonyl (C=O) groups excluding carboxylic acids is 2. The van der Waals surface area contributed by atoms with Crippen LogP contribution in [0.2, 0.25) is 0 Å². The molecule has 0 bridgehead atoms. The predicted molar refractivity (Wildman–Crippen MR) is 101 cm³/mol. The van der Waals surface area contributed by atoms with E-state index in [9.17, 15) is 14.0 Å². The fraction of sp³-hybridized carbons (Fsp3) is 0.150. The van der Waals surface area contributed by atoms with Crippen LogP contribution in [0.5, 0.6) is 0 Å². The van der Waals surface area contributed by atoms with Gasteiger partial charge in [0.05, 0.1) is 12.1 Å². The monoisotopic (exact) mass is 366 g/mol. The number of nitrogens with two attached hydrogens (primary N) is 2. The molecule has 1 aromatic heterocycles. The third kappa shape index (κ3) is 4.27. The van der Waals surface area contributed by atoms with E-state index in [0.29, 0.717) is 12.1 Å². The standard InChI is InChI=1S/C20H19FN4O2/c1-25(11-19(22)26)10-12-2-7-15-16(13-3-5-14(21)6-4-13)9-18(20(23)27)24-17(15)8-12/h2-9H,10-11H2,1H3,(H2,22,26)(H2,23,27). The van der Waals surface area contributed by atoms with E-state index in [-0.39, 0.29) is 18.1 Å². The van der Waals surface area contributed by atoms with Gasteiger partial charge in [0.15, 0.2) is 0 Å². The number of amides is 2. The first-order chi connectivity index (χ1) is 12.8. The summed E-state index contributed by atoms with van der Waals surface area (Å²) in [5.74, 6) is -1.39. The van der Waals surface area contributed by atoms with Crippen LogP contribution in [0.1, 0.15) is 16.1 Å². The Labute approximate surface area is 155 Å². The van der Waals surface area contributed by atoms with Crippen LogP contribution in [0, 0.1) is 5.82 Å². The highest BCUT2D eigenvalue weighted by Crippen LogP contribution is 2.29. The lowest BCUT2D eigenvalue weighted by Crippen LogP contribution is -2.30.